The number of nitrogens with zero attached hydrogens (tertiary/aromatic N) is 1. The molecule has 0 aliphatic carbocycles. The molecule has 0 saturated carbocycles. The highest BCUT2D eigenvalue weighted by molar-refractivity contribution is 9.10. The van der Waals surface area contributed by atoms with Gasteiger partial charge in [0.1, 0.15) is 16.8 Å². The lowest BCUT2D eigenvalue weighted by atomic mass is 10.2. The summed E-state index contributed by atoms with van der Waals surface area (Å²) in [5, 5.41) is 9.02. The molecule has 0 unspecified atom stereocenters. The van der Waals surface area contributed by atoms with E-state index in [0.29, 0.717) is 4.47 Å². The van der Waals surface area contributed by atoms with Crippen LogP contribution in [0.2, 0.25) is 0 Å². The fourth-order valence-corrected chi connectivity index (χ4v) is 3.22. The topological polar surface area (TPSA) is 96.0 Å². The molecule has 0 atom stereocenters. The monoisotopic (exact) mass is 369 g/mol. The molecule has 0 saturated heterocycles. The number of nitriles is 1. The van der Waals surface area contributed by atoms with Crippen molar-refractivity contribution in [1.82, 2.24) is 0 Å². The van der Waals surface area contributed by atoms with Gasteiger partial charge in [-0.15, -0.1) is 0 Å². The standard InChI is InChI=1S/C13H9BrFN3O2S/c14-9-1-4-12(8(5-9)7-16)18-21(19,20)13-6-10(15)2-3-11(13)17/h1-6,18H,17H2. The van der Waals surface area contributed by atoms with E-state index in [-0.39, 0.29) is 21.8 Å². The number of hydrogen-bond acceptors (Lipinski definition) is 4. The second-order valence-corrected chi connectivity index (χ2v) is 6.66. The van der Waals surface area contributed by atoms with Gasteiger partial charge in [-0.05, 0) is 36.4 Å². The van der Waals surface area contributed by atoms with Crippen LogP contribution >= 0.6 is 15.9 Å². The normalized spacial score (nSPS) is 10.9. The van der Waals surface area contributed by atoms with Crippen molar-refractivity contribution >= 4 is 37.3 Å². The first-order valence-electron chi connectivity index (χ1n) is 5.61. The zero-order valence-corrected chi connectivity index (χ0v) is 12.9. The highest BCUT2D eigenvalue weighted by Gasteiger charge is 2.20. The Morgan fingerprint density at radius 3 is 2.62 bits per heavy atom. The Hall–Kier alpha value is -2.11. The molecule has 0 fully saturated rings. The van der Waals surface area contributed by atoms with Gasteiger partial charge in [-0.3, -0.25) is 4.72 Å². The van der Waals surface area contributed by atoms with Gasteiger partial charge in [0.05, 0.1) is 16.9 Å². The quantitative estimate of drug-likeness (QED) is 0.812. The first kappa shape index (κ1) is 15.3. The average molecular weight is 370 g/mol. The van der Waals surface area contributed by atoms with Gasteiger partial charge in [0.2, 0.25) is 0 Å². The number of sulfonamides is 1. The van der Waals surface area contributed by atoms with Crippen molar-refractivity contribution in [3.8, 4) is 6.07 Å². The molecule has 0 amide bonds. The van der Waals surface area contributed by atoms with E-state index in [2.05, 4.69) is 20.7 Å². The summed E-state index contributed by atoms with van der Waals surface area (Å²) in [5.41, 5.74) is 5.70. The highest BCUT2D eigenvalue weighted by Crippen LogP contribution is 2.26. The molecule has 2 rings (SSSR count). The molecule has 2 aromatic carbocycles. The molecule has 0 aromatic heterocycles. The van der Waals surface area contributed by atoms with Crippen LogP contribution in [0.15, 0.2) is 45.8 Å². The largest absolute Gasteiger partial charge is 0.398 e. The maximum atomic E-state index is 13.2. The Bertz CT molecular complexity index is 847. The lowest BCUT2D eigenvalue weighted by Crippen LogP contribution is -2.15. The Kier molecular flexibility index (Phi) is 4.16. The smallest absolute Gasteiger partial charge is 0.264 e. The number of anilines is 2. The Labute approximate surface area is 129 Å². The predicted octanol–water partition coefficient (Wildman–Crippen LogP) is 2.84. The van der Waals surface area contributed by atoms with Crippen molar-refractivity contribution in [3.05, 3.63) is 52.3 Å². The summed E-state index contributed by atoms with van der Waals surface area (Å²) in [4.78, 5) is -0.380. The van der Waals surface area contributed by atoms with E-state index in [9.17, 15) is 12.8 Å². The summed E-state index contributed by atoms with van der Waals surface area (Å²) < 4.78 is 40.6. The van der Waals surface area contributed by atoms with Crippen LogP contribution in [-0.2, 0) is 10.0 Å². The van der Waals surface area contributed by atoms with Gasteiger partial charge in [-0.2, -0.15) is 5.26 Å². The van der Waals surface area contributed by atoms with Gasteiger partial charge in [-0.1, -0.05) is 15.9 Å². The number of benzene rings is 2. The molecular formula is C13H9BrFN3O2S. The zero-order chi connectivity index (χ0) is 15.6. The van der Waals surface area contributed by atoms with Gasteiger partial charge in [0, 0.05) is 4.47 Å². The van der Waals surface area contributed by atoms with Crippen molar-refractivity contribution in [2.45, 2.75) is 4.90 Å². The van der Waals surface area contributed by atoms with Gasteiger partial charge in [0.25, 0.3) is 10.0 Å². The van der Waals surface area contributed by atoms with E-state index in [1.54, 1.807) is 6.07 Å². The number of nitrogens with one attached hydrogen (secondary N) is 1. The molecule has 3 N–H and O–H groups in total. The first-order valence-corrected chi connectivity index (χ1v) is 7.88. The number of nitrogen functional groups attached to an aromatic ring is 1. The minimum Gasteiger partial charge on any atom is -0.398 e. The van der Waals surface area contributed by atoms with Crippen molar-refractivity contribution in [3.63, 3.8) is 0 Å². The lowest BCUT2D eigenvalue weighted by molar-refractivity contribution is 0.596. The van der Waals surface area contributed by atoms with Crippen LogP contribution < -0.4 is 10.5 Å². The molecule has 0 aliphatic heterocycles. The molecule has 0 radical (unpaired) electrons. The third-order valence-electron chi connectivity index (χ3n) is 2.61. The van der Waals surface area contributed by atoms with Crippen molar-refractivity contribution in [2.75, 3.05) is 10.5 Å². The maximum absolute atomic E-state index is 13.2. The van der Waals surface area contributed by atoms with E-state index >= 15 is 0 Å². The van der Waals surface area contributed by atoms with Crippen LogP contribution in [0.1, 0.15) is 5.56 Å². The molecule has 0 spiro atoms. The molecule has 5 nitrogen and oxygen atoms in total. The lowest BCUT2D eigenvalue weighted by Gasteiger charge is -2.11. The fourth-order valence-electron chi connectivity index (χ4n) is 1.64. The SMILES string of the molecule is N#Cc1cc(Br)ccc1NS(=O)(=O)c1cc(F)ccc1N. The van der Waals surface area contributed by atoms with Crippen LogP contribution in [0, 0.1) is 17.1 Å². The molecule has 8 heteroatoms. The van der Waals surface area contributed by atoms with Crippen molar-refractivity contribution < 1.29 is 12.8 Å². The van der Waals surface area contributed by atoms with Crippen LogP contribution in [0.4, 0.5) is 15.8 Å². The summed E-state index contributed by atoms with van der Waals surface area (Å²) in [5.74, 6) is -0.721. The number of nitrogens with two attached hydrogens (primary N) is 1. The fraction of sp³-hybridized carbons (Fsp3) is 0. The average Bonchev–Trinajstić information content (AvgIpc) is 2.43. The third kappa shape index (κ3) is 3.32. The third-order valence-corrected chi connectivity index (χ3v) is 4.53. The summed E-state index contributed by atoms with van der Waals surface area (Å²) in [7, 11) is -4.09. The second kappa shape index (κ2) is 5.71. The van der Waals surface area contributed by atoms with Crippen LogP contribution in [0.5, 0.6) is 0 Å². The molecule has 0 heterocycles. The van der Waals surface area contributed by atoms with E-state index in [1.165, 1.54) is 12.1 Å². The second-order valence-electron chi connectivity index (χ2n) is 4.09. The van der Waals surface area contributed by atoms with Gasteiger partial charge >= 0.3 is 0 Å². The minimum absolute atomic E-state index is 0.0838. The number of rotatable bonds is 3. The van der Waals surface area contributed by atoms with E-state index in [4.69, 9.17) is 11.0 Å². The maximum Gasteiger partial charge on any atom is 0.264 e. The predicted molar refractivity (Wildman–Crippen MR) is 80.5 cm³/mol. The van der Waals surface area contributed by atoms with Crippen LogP contribution in [-0.4, -0.2) is 8.42 Å². The summed E-state index contributed by atoms with van der Waals surface area (Å²) in [6.45, 7) is 0. The Balaban J connectivity index is 2.48. The molecule has 0 bridgehead atoms. The van der Waals surface area contributed by atoms with Crippen molar-refractivity contribution in [1.29, 1.82) is 5.26 Å². The zero-order valence-electron chi connectivity index (χ0n) is 10.5. The van der Waals surface area contributed by atoms with E-state index in [0.717, 1.165) is 18.2 Å². The van der Waals surface area contributed by atoms with Gasteiger partial charge < -0.3 is 5.73 Å². The highest BCUT2D eigenvalue weighted by atomic mass is 79.9. The van der Waals surface area contributed by atoms with Crippen LogP contribution in [0.3, 0.4) is 0 Å². The summed E-state index contributed by atoms with van der Waals surface area (Å²) >= 11 is 3.18. The van der Waals surface area contributed by atoms with E-state index in [1.807, 2.05) is 6.07 Å². The number of hydrogen-bond donors (Lipinski definition) is 2. The molecule has 2 aromatic rings. The van der Waals surface area contributed by atoms with Crippen molar-refractivity contribution in [2.24, 2.45) is 0 Å². The molecule has 0 aliphatic rings. The van der Waals surface area contributed by atoms with Gasteiger partial charge in [0.15, 0.2) is 0 Å². The summed E-state index contributed by atoms with van der Waals surface area (Å²) in [6.07, 6.45) is 0. The van der Waals surface area contributed by atoms with Gasteiger partial charge in [-0.25, -0.2) is 12.8 Å². The first-order chi connectivity index (χ1) is 9.83. The van der Waals surface area contributed by atoms with E-state index < -0.39 is 15.8 Å². The number of halogens is 2. The van der Waals surface area contributed by atoms with Crippen LogP contribution in [0.25, 0.3) is 0 Å². The minimum atomic E-state index is -4.09. The molecule has 108 valence electrons. The Morgan fingerprint density at radius 1 is 1.24 bits per heavy atom. The molecule has 21 heavy (non-hydrogen) atoms. The summed E-state index contributed by atoms with van der Waals surface area (Å²) in [6, 6.07) is 9.39. The molecular weight excluding hydrogens is 361 g/mol. The Morgan fingerprint density at radius 2 is 1.95 bits per heavy atom.